The maximum atomic E-state index is 4.60. The molecular formula is C84H77BrN2. The fourth-order valence-electron chi connectivity index (χ4n) is 11.6. The maximum absolute atomic E-state index is 4.60. The summed E-state index contributed by atoms with van der Waals surface area (Å²) < 4.78 is 1.12. The normalized spacial score (nSPS) is 10.6. The molecule has 0 saturated heterocycles. The van der Waals surface area contributed by atoms with Crippen LogP contribution in [0.4, 0.5) is 22.7 Å². The number of aryl methyl sites for hydroxylation is 5. The van der Waals surface area contributed by atoms with Crippen molar-refractivity contribution in [2.45, 2.75) is 80.1 Å². The highest BCUT2D eigenvalue weighted by atomic mass is 79.9. The highest BCUT2D eigenvalue weighted by molar-refractivity contribution is 9.10. The van der Waals surface area contributed by atoms with Crippen LogP contribution in [0.5, 0.6) is 0 Å². The molecule has 0 aliphatic heterocycles. The van der Waals surface area contributed by atoms with Crippen LogP contribution in [0.2, 0.25) is 0 Å². The van der Waals surface area contributed by atoms with Gasteiger partial charge >= 0.3 is 0 Å². The van der Waals surface area contributed by atoms with Gasteiger partial charge < -0.3 is 10.6 Å². The monoisotopic (exact) mass is 1190 g/mol. The SMILES string of the molecule is C#C.C#CC.CCCc1ccc(-c2ccc(Br)cc2)cc1.CCCc1ccc(-c2ccc(Nc3ccc(-c4cc(C)c(-c5c(C)cc(-c6ccc(Nc7ccc(-c8ccc(CCC)cc8)cc7)cc6)c6ccccc56)c5ccccc45)cc3)cc2)cc1. The van der Waals surface area contributed by atoms with E-state index in [0.29, 0.717) is 0 Å². The van der Waals surface area contributed by atoms with Crippen LogP contribution in [0.25, 0.3) is 88.3 Å². The fraction of sp³-hybridized carbons (Fsp3) is 0.143. The van der Waals surface area contributed by atoms with Crippen molar-refractivity contribution in [3.63, 3.8) is 0 Å². The van der Waals surface area contributed by atoms with Gasteiger partial charge in [0.2, 0.25) is 0 Å². The molecule has 0 heterocycles. The molecule has 0 fully saturated rings. The zero-order valence-corrected chi connectivity index (χ0v) is 52.7. The highest BCUT2D eigenvalue weighted by Gasteiger charge is 2.19. The van der Waals surface area contributed by atoms with Gasteiger partial charge in [-0.05, 0) is 217 Å². The molecule has 0 saturated carbocycles. The Balaban J connectivity index is 0.000000365. The van der Waals surface area contributed by atoms with Gasteiger partial charge in [-0.25, -0.2) is 0 Å². The van der Waals surface area contributed by atoms with Crippen molar-refractivity contribution in [1.82, 2.24) is 0 Å². The van der Waals surface area contributed by atoms with Crippen LogP contribution in [0.15, 0.2) is 259 Å². The Bertz CT molecular complexity index is 4000. The second-order valence-electron chi connectivity index (χ2n) is 22.0. The van der Waals surface area contributed by atoms with Gasteiger partial charge in [0.15, 0.2) is 0 Å². The van der Waals surface area contributed by atoms with Gasteiger partial charge in [-0.15, -0.1) is 25.2 Å². The van der Waals surface area contributed by atoms with E-state index in [0.717, 1.165) is 40.1 Å². The predicted octanol–water partition coefficient (Wildman–Crippen LogP) is 24.3. The molecule has 0 aliphatic rings. The molecule has 87 heavy (non-hydrogen) atoms. The highest BCUT2D eigenvalue weighted by Crippen LogP contribution is 2.45. The van der Waals surface area contributed by atoms with Crippen molar-refractivity contribution < 1.29 is 0 Å². The Kier molecular flexibility index (Phi) is 21.7. The molecule has 0 atom stereocenters. The van der Waals surface area contributed by atoms with Gasteiger partial charge in [-0.1, -0.05) is 250 Å². The third-order valence-corrected chi connectivity index (χ3v) is 16.3. The molecule has 12 aromatic rings. The largest absolute Gasteiger partial charge is 0.356 e. The first-order chi connectivity index (χ1) is 42.6. The zero-order valence-electron chi connectivity index (χ0n) is 51.1. The van der Waals surface area contributed by atoms with Crippen molar-refractivity contribution in [1.29, 1.82) is 0 Å². The van der Waals surface area contributed by atoms with Gasteiger partial charge in [-0.3, -0.25) is 0 Å². The zero-order chi connectivity index (χ0) is 61.1. The van der Waals surface area contributed by atoms with Crippen LogP contribution >= 0.6 is 15.9 Å². The summed E-state index contributed by atoms with van der Waals surface area (Å²) in [6.07, 6.45) is 19.5. The minimum atomic E-state index is 1.07. The number of fused-ring (bicyclic) bond motifs is 2. The topological polar surface area (TPSA) is 24.1 Å². The number of rotatable bonds is 16. The molecule has 0 radical (unpaired) electrons. The van der Waals surface area contributed by atoms with Gasteiger partial charge in [-0.2, -0.15) is 0 Å². The van der Waals surface area contributed by atoms with E-state index in [1.807, 2.05) is 0 Å². The van der Waals surface area contributed by atoms with E-state index in [-0.39, 0.29) is 0 Å². The Hall–Kier alpha value is -9.64. The lowest BCUT2D eigenvalue weighted by atomic mass is 9.83. The second-order valence-corrected chi connectivity index (χ2v) is 22.9. The van der Waals surface area contributed by atoms with E-state index in [9.17, 15) is 0 Å². The first-order valence-corrected chi connectivity index (χ1v) is 31.2. The van der Waals surface area contributed by atoms with Gasteiger partial charge in [0, 0.05) is 27.2 Å². The minimum Gasteiger partial charge on any atom is -0.356 e. The molecule has 2 nitrogen and oxygen atoms in total. The number of terminal acetylenes is 2. The molecule has 0 aromatic heterocycles. The van der Waals surface area contributed by atoms with E-state index >= 15 is 0 Å². The summed E-state index contributed by atoms with van der Waals surface area (Å²) in [5.74, 6) is 2.25. The summed E-state index contributed by atoms with van der Waals surface area (Å²) in [6.45, 7) is 12.9. The van der Waals surface area contributed by atoms with E-state index in [2.05, 4.69) is 341 Å². The molecule has 12 aromatic carbocycles. The Labute approximate surface area is 526 Å². The van der Waals surface area contributed by atoms with Crippen LogP contribution in [0.1, 0.15) is 74.8 Å². The van der Waals surface area contributed by atoms with Crippen molar-refractivity contribution in [2.24, 2.45) is 0 Å². The minimum absolute atomic E-state index is 1.07. The smallest absolute Gasteiger partial charge is 0.0384 e. The first-order valence-electron chi connectivity index (χ1n) is 30.4. The summed E-state index contributed by atoms with van der Waals surface area (Å²) in [5.41, 5.74) is 26.0. The Morgan fingerprint density at radius 2 is 0.563 bits per heavy atom. The number of halogens is 1. The van der Waals surface area contributed by atoms with Gasteiger partial charge in [0.25, 0.3) is 0 Å². The van der Waals surface area contributed by atoms with Crippen molar-refractivity contribution >= 4 is 60.2 Å². The van der Waals surface area contributed by atoms with Gasteiger partial charge in [0.1, 0.15) is 0 Å². The van der Waals surface area contributed by atoms with E-state index in [1.54, 1.807) is 6.92 Å². The standard InChI is InChI=1S/C64H56N2.C15H15Br.C3H4.C2H2/c1-5-11-45-17-21-47(22-18-45)49-25-33-53(34-26-49)65-55-37-29-51(30-38-55)61-41-43(3)63(59-15-9-7-13-57(59)61)64-44(4)42-62(58-14-8-10-16-60(58)64)52-31-39-56(40-32-52)66-54-35-27-50(28-36-54)48-23-19-46(12-6-2)20-24-48;1-2-3-12-4-6-13(7-5-12)14-8-10-15(16)11-9-14;1-3-2;1-2/h7-10,13-42,65-66H,5-6,11-12H2,1-4H3;4-11H,2-3H2,1H3;1H,2H3;1-2H. The maximum Gasteiger partial charge on any atom is 0.0384 e. The molecule has 430 valence electrons. The molecular weight excluding hydrogens is 1120 g/mol. The third-order valence-electron chi connectivity index (χ3n) is 15.8. The molecule has 0 unspecified atom stereocenters. The van der Waals surface area contributed by atoms with Crippen molar-refractivity contribution in [3.05, 3.63) is 287 Å². The number of hydrogen-bond donors (Lipinski definition) is 2. The number of hydrogen-bond acceptors (Lipinski definition) is 2. The van der Waals surface area contributed by atoms with E-state index in [4.69, 9.17) is 0 Å². The van der Waals surface area contributed by atoms with Crippen LogP contribution < -0.4 is 10.6 Å². The number of anilines is 4. The summed E-state index contributed by atoms with van der Waals surface area (Å²) in [6, 6.07) is 93.0. The van der Waals surface area contributed by atoms with Crippen LogP contribution in [-0.4, -0.2) is 0 Å². The molecule has 12 rings (SSSR count). The van der Waals surface area contributed by atoms with Gasteiger partial charge in [0.05, 0.1) is 0 Å². The Morgan fingerprint density at radius 3 is 0.828 bits per heavy atom. The molecule has 3 heteroatoms. The van der Waals surface area contributed by atoms with E-state index < -0.39 is 0 Å². The summed E-state index contributed by atoms with van der Waals surface area (Å²) in [4.78, 5) is 0. The average Bonchev–Trinajstić information content (AvgIpc) is 0.934. The van der Waals surface area contributed by atoms with E-state index in [1.165, 1.54) is 142 Å². The molecule has 0 amide bonds. The lowest BCUT2D eigenvalue weighted by Gasteiger charge is -2.21. The third kappa shape index (κ3) is 15.4. The molecule has 0 aliphatic carbocycles. The van der Waals surface area contributed by atoms with Crippen molar-refractivity contribution in [2.75, 3.05) is 10.6 Å². The summed E-state index contributed by atoms with van der Waals surface area (Å²) in [5, 5.41) is 12.3. The van der Waals surface area contributed by atoms with Crippen LogP contribution in [0, 0.1) is 39.0 Å². The number of benzene rings is 12. The summed E-state index contributed by atoms with van der Waals surface area (Å²) >= 11 is 3.45. The van der Waals surface area contributed by atoms with Crippen LogP contribution in [-0.2, 0) is 19.3 Å². The fourth-order valence-corrected chi connectivity index (χ4v) is 11.8. The Morgan fingerprint density at radius 1 is 0.333 bits per heavy atom. The molecule has 2 N–H and O–H groups in total. The second kappa shape index (κ2) is 30.4. The molecule has 0 bridgehead atoms. The predicted molar refractivity (Wildman–Crippen MR) is 384 cm³/mol. The molecule has 0 spiro atoms. The quantitative estimate of drug-likeness (QED) is 0.0942. The lowest BCUT2D eigenvalue weighted by molar-refractivity contribution is 0.922. The van der Waals surface area contributed by atoms with Crippen LogP contribution in [0.3, 0.4) is 0 Å². The average molecular weight is 1190 g/mol. The summed E-state index contributed by atoms with van der Waals surface area (Å²) in [7, 11) is 0. The first kappa shape index (κ1) is 61.9. The lowest BCUT2D eigenvalue weighted by Crippen LogP contribution is -1.96. The van der Waals surface area contributed by atoms with Crippen molar-refractivity contribution in [3.8, 4) is 92.0 Å². The number of nitrogens with one attached hydrogen (secondary N) is 2.